The van der Waals surface area contributed by atoms with Crippen LogP contribution in [0.15, 0.2) is 29.2 Å². The van der Waals surface area contributed by atoms with Crippen LogP contribution in [0.25, 0.3) is 0 Å². The lowest BCUT2D eigenvalue weighted by atomic mass is 9.93. The quantitative estimate of drug-likeness (QED) is 0.700. The average Bonchev–Trinajstić information content (AvgIpc) is 3.20. The molecule has 116 valence electrons. The summed E-state index contributed by atoms with van der Waals surface area (Å²) in [5.74, 6) is -0.438. The summed E-state index contributed by atoms with van der Waals surface area (Å²) in [5, 5.41) is 3.01. The molecule has 1 aromatic carbocycles. The molecule has 1 saturated carbocycles. The first-order valence-corrected chi connectivity index (χ1v) is 8.36. The molecule has 0 aromatic heterocycles. The minimum absolute atomic E-state index is 0.0464. The summed E-state index contributed by atoms with van der Waals surface area (Å²) < 4.78 is 27.3. The Labute approximate surface area is 125 Å². The van der Waals surface area contributed by atoms with Crippen molar-refractivity contribution in [3.05, 3.63) is 24.3 Å². The van der Waals surface area contributed by atoms with E-state index in [9.17, 15) is 13.2 Å². The Morgan fingerprint density at radius 1 is 1.33 bits per heavy atom. The van der Waals surface area contributed by atoms with Gasteiger partial charge in [0.15, 0.2) is 0 Å². The van der Waals surface area contributed by atoms with Crippen molar-refractivity contribution in [2.45, 2.75) is 37.6 Å². The van der Waals surface area contributed by atoms with Crippen molar-refractivity contribution < 1.29 is 13.2 Å². The molecule has 2 rings (SSSR count). The number of para-hydroxylation sites is 1. The smallest absolute Gasteiger partial charge is 0.242 e. The highest BCUT2D eigenvalue weighted by Gasteiger charge is 2.30. The highest BCUT2D eigenvalue weighted by Crippen LogP contribution is 2.26. The predicted octanol–water partition coefficient (Wildman–Crippen LogP) is 1.05. The van der Waals surface area contributed by atoms with E-state index in [0.717, 1.165) is 12.8 Å². The highest BCUT2D eigenvalue weighted by atomic mass is 32.2. The van der Waals surface area contributed by atoms with Crippen LogP contribution < -0.4 is 15.8 Å². The largest absolute Gasteiger partial charge is 0.383 e. The van der Waals surface area contributed by atoms with Crippen LogP contribution in [0.1, 0.15) is 26.7 Å². The number of carbonyl (C=O) groups is 1. The van der Waals surface area contributed by atoms with E-state index in [1.807, 2.05) is 0 Å². The third-order valence-corrected chi connectivity index (χ3v) is 5.04. The van der Waals surface area contributed by atoms with Crippen molar-refractivity contribution in [3.63, 3.8) is 0 Å². The van der Waals surface area contributed by atoms with E-state index < -0.39 is 21.3 Å². The monoisotopic (exact) mass is 311 g/mol. The average molecular weight is 311 g/mol. The maximum Gasteiger partial charge on any atom is 0.242 e. The van der Waals surface area contributed by atoms with Crippen LogP contribution in [0.5, 0.6) is 0 Å². The van der Waals surface area contributed by atoms with Gasteiger partial charge in [0.1, 0.15) is 4.90 Å². The fourth-order valence-electron chi connectivity index (χ4n) is 1.73. The first-order chi connectivity index (χ1) is 9.72. The molecule has 4 N–H and O–H groups in total. The van der Waals surface area contributed by atoms with Gasteiger partial charge in [-0.25, -0.2) is 13.1 Å². The molecule has 0 spiro atoms. The van der Waals surface area contributed by atoms with Crippen LogP contribution in [-0.2, 0) is 14.8 Å². The molecule has 7 heteroatoms. The van der Waals surface area contributed by atoms with Crippen LogP contribution in [0.2, 0.25) is 0 Å². The molecule has 0 bridgehead atoms. The van der Waals surface area contributed by atoms with Crippen molar-refractivity contribution in [2.24, 2.45) is 11.1 Å². The number of benzene rings is 1. The molecule has 1 aliphatic rings. The van der Waals surface area contributed by atoms with E-state index in [4.69, 9.17) is 5.73 Å². The number of primary amides is 1. The van der Waals surface area contributed by atoms with Crippen molar-refractivity contribution in [1.29, 1.82) is 0 Å². The van der Waals surface area contributed by atoms with E-state index in [1.165, 1.54) is 0 Å². The lowest BCUT2D eigenvalue weighted by Crippen LogP contribution is -2.37. The number of hydrogen-bond donors (Lipinski definition) is 3. The van der Waals surface area contributed by atoms with Gasteiger partial charge >= 0.3 is 0 Å². The van der Waals surface area contributed by atoms with Gasteiger partial charge < -0.3 is 11.1 Å². The molecule has 1 amide bonds. The van der Waals surface area contributed by atoms with Gasteiger partial charge in [-0.1, -0.05) is 12.1 Å². The van der Waals surface area contributed by atoms with Crippen molar-refractivity contribution in [2.75, 3.05) is 11.9 Å². The molecule has 0 saturated heterocycles. The molecular weight excluding hydrogens is 290 g/mol. The van der Waals surface area contributed by atoms with Gasteiger partial charge in [-0.05, 0) is 38.8 Å². The zero-order valence-corrected chi connectivity index (χ0v) is 13.0. The summed E-state index contributed by atoms with van der Waals surface area (Å²) in [6.45, 7) is 3.68. The number of nitrogens with one attached hydrogen (secondary N) is 2. The molecule has 1 fully saturated rings. The summed E-state index contributed by atoms with van der Waals surface area (Å²) in [7, 11) is -3.54. The maximum absolute atomic E-state index is 12.3. The van der Waals surface area contributed by atoms with Crippen LogP contribution >= 0.6 is 0 Å². The number of carbonyl (C=O) groups excluding carboxylic acids is 1. The van der Waals surface area contributed by atoms with Crippen LogP contribution in [0.3, 0.4) is 0 Å². The predicted molar refractivity (Wildman–Crippen MR) is 81.3 cm³/mol. The fraction of sp³-hybridized carbons (Fsp3) is 0.500. The Morgan fingerprint density at radius 3 is 2.52 bits per heavy atom. The lowest BCUT2D eigenvalue weighted by molar-refractivity contribution is -0.125. The summed E-state index contributed by atoms with van der Waals surface area (Å²) in [4.78, 5) is 11.5. The summed E-state index contributed by atoms with van der Waals surface area (Å²) >= 11 is 0. The molecule has 6 nitrogen and oxygen atoms in total. The van der Waals surface area contributed by atoms with Crippen molar-refractivity contribution in [1.82, 2.24) is 4.72 Å². The van der Waals surface area contributed by atoms with Gasteiger partial charge in [-0.2, -0.15) is 0 Å². The van der Waals surface area contributed by atoms with Gasteiger partial charge in [-0.3, -0.25) is 4.79 Å². The number of hydrogen-bond acceptors (Lipinski definition) is 4. The Kier molecular flexibility index (Phi) is 4.25. The molecule has 0 aliphatic heterocycles. The van der Waals surface area contributed by atoms with Crippen LogP contribution in [-0.4, -0.2) is 26.9 Å². The molecular formula is C14H21N3O3S. The standard InChI is InChI=1S/C14H21N3O3S/c1-14(2,13(15)18)9-16-11-5-3-4-6-12(11)21(19,20)17-10-7-8-10/h3-6,10,16-17H,7-9H2,1-2H3,(H2,15,18). The van der Waals surface area contributed by atoms with E-state index in [-0.39, 0.29) is 17.5 Å². The molecule has 1 aliphatic carbocycles. The van der Waals surface area contributed by atoms with Crippen LogP contribution in [0.4, 0.5) is 5.69 Å². The third kappa shape index (κ3) is 3.95. The van der Waals surface area contributed by atoms with Gasteiger partial charge in [0.2, 0.25) is 15.9 Å². The minimum atomic E-state index is -3.54. The Morgan fingerprint density at radius 2 is 1.95 bits per heavy atom. The first kappa shape index (κ1) is 15.8. The fourth-order valence-corrected chi connectivity index (χ4v) is 3.22. The summed E-state index contributed by atoms with van der Waals surface area (Å²) in [6, 6.07) is 6.69. The Hall–Kier alpha value is -1.60. The minimum Gasteiger partial charge on any atom is -0.383 e. The van der Waals surface area contributed by atoms with E-state index in [2.05, 4.69) is 10.0 Å². The third-order valence-electron chi connectivity index (χ3n) is 3.46. The van der Waals surface area contributed by atoms with Gasteiger partial charge in [0, 0.05) is 12.6 Å². The van der Waals surface area contributed by atoms with Gasteiger partial charge in [-0.15, -0.1) is 0 Å². The SMILES string of the molecule is CC(C)(CNc1ccccc1S(=O)(=O)NC1CC1)C(N)=O. The van der Waals surface area contributed by atoms with Crippen LogP contribution in [0, 0.1) is 5.41 Å². The van der Waals surface area contributed by atoms with Crippen molar-refractivity contribution >= 4 is 21.6 Å². The number of amides is 1. The zero-order chi connectivity index (χ0) is 15.7. The van der Waals surface area contributed by atoms with E-state index >= 15 is 0 Å². The molecule has 21 heavy (non-hydrogen) atoms. The number of rotatable bonds is 7. The number of nitrogens with two attached hydrogens (primary N) is 1. The van der Waals surface area contributed by atoms with E-state index in [1.54, 1.807) is 38.1 Å². The highest BCUT2D eigenvalue weighted by molar-refractivity contribution is 7.89. The molecule has 0 atom stereocenters. The molecule has 0 unspecified atom stereocenters. The maximum atomic E-state index is 12.3. The summed E-state index contributed by atoms with van der Waals surface area (Å²) in [6.07, 6.45) is 1.76. The zero-order valence-electron chi connectivity index (χ0n) is 12.2. The second kappa shape index (κ2) is 5.65. The normalized spacial score (nSPS) is 15.7. The molecule has 1 aromatic rings. The second-order valence-corrected chi connectivity index (χ2v) is 7.68. The number of anilines is 1. The number of sulfonamides is 1. The first-order valence-electron chi connectivity index (χ1n) is 6.87. The van der Waals surface area contributed by atoms with Gasteiger partial charge in [0.05, 0.1) is 11.1 Å². The molecule has 0 heterocycles. The van der Waals surface area contributed by atoms with E-state index in [0.29, 0.717) is 5.69 Å². The molecule has 0 radical (unpaired) electrons. The Bertz CT molecular complexity index is 637. The van der Waals surface area contributed by atoms with Gasteiger partial charge in [0.25, 0.3) is 0 Å². The second-order valence-electron chi connectivity index (χ2n) is 5.99. The topological polar surface area (TPSA) is 101 Å². The van der Waals surface area contributed by atoms with Crippen molar-refractivity contribution in [3.8, 4) is 0 Å². The lowest BCUT2D eigenvalue weighted by Gasteiger charge is -2.22. The summed E-state index contributed by atoms with van der Waals surface area (Å²) in [5.41, 5.74) is 5.03. The Balaban J connectivity index is 2.19.